The predicted octanol–water partition coefficient (Wildman–Crippen LogP) is 2.98. The molecule has 0 bridgehead atoms. The fourth-order valence-corrected chi connectivity index (χ4v) is 5.20. The molecule has 0 saturated carbocycles. The maximum absolute atomic E-state index is 12.1. The van der Waals surface area contributed by atoms with Gasteiger partial charge in [0.25, 0.3) is 0 Å². The lowest BCUT2D eigenvalue weighted by Crippen LogP contribution is -2.34. The van der Waals surface area contributed by atoms with Crippen LogP contribution in [0.2, 0.25) is 0 Å². The molecule has 1 aromatic carbocycles. The third-order valence-electron chi connectivity index (χ3n) is 3.67. The van der Waals surface area contributed by atoms with Crippen LogP contribution in [0.15, 0.2) is 46.0 Å². The molecule has 2 heterocycles. The predicted molar refractivity (Wildman–Crippen MR) is 108 cm³/mol. The smallest absolute Gasteiger partial charge is 0.250 e. The zero-order valence-corrected chi connectivity index (χ0v) is 17.3. The fraction of sp³-hybridized carbons (Fsp3) is 0.294. The van der Waals surface area contributed by atoms with Crippen molar-refractivity contribution in [2.24, 2.45) is 0 Å². The van der Waals surface area contributed by atoms with E-state index in [1.165, 1.54) is 22.9 Å². The van der Waals surface area contributed by atoms with Crippen LogP contribution >= 0.6 is 22.9 Å². The Kier molecular flexibility index (Phi) is 6.42. The van der Waals surface area contributed by atoms with Gasteiger partial charge in [-0.25, -0.2) is 18.1 Å². The van der Waals surface area contributed by atoms with Crippen molar-refractivity contribution >= 4 is 38.0 Å². The molecule has 0 aliphatic rings. The monoisotopic (exact) mass is 424 g/mol. The summed E-state index contributed by atoms with van der Waals surface area (Å²) in [6, 6.07) is 10.9. The van der Waals surface area contributed by atoms with E-state index in [-0.39, 0.29) is 12.6 Å². The van der Waals surface area contributed by atoms with Gasteiger partial charge in [0.15, 0.2) is 0 Å². The standard InChI is InChI=1S/C17H20N4O3S3/c1-12(11-18-27(22,23)16-7-4-8-25-16)19-17-20-15(21-26-17)10-13-5-3-6-14(9-13)24-2/h3-9,12,18H,10-11H2,1-2H3,(H,19,20,21). The minimum absolute atomic E-state index is 0.127. The van der Waals surface area contributed by atoms with Crippen molar-refractivity contribution in [1.82, 2.24) is 14.1 Å². The van der Waals surface area contributed by atoms with Crippen molar-refractivity contribution in [3.05, 3.63) is 53.2 Å². The van der Waals surface area contributed by atoms with Crippen molar-refractivity contribution in [2.45, 2.75) is 23.6 Å². The number of hydrogen-bond acceptors (Lipinski definition) is 8. The number of ether oxygens (including phenoxy) is 1. The maximum Gasteiger partial charge on any atom is 0.250 e. The highest BCUT2D eigenvalue weighted by atomic mass is 32.2. The van der Waals surface area contributed by atoms with Gasteiger partial charge in [-0.05, 0) is 36.1 Å². The Morgan fingerprint density at radius 2 is 2.11 bits per heavy atom. The van der Waals surface area contributed by atoms with Crippen LogP contribution < -0.4 is 14.8 Å². The first-order valence-corrected chi connectivity index (χ1v) is 11.3. The van der Waals surface area contributed by atoms with Crippen molar-refractivity contribution in [1.29, 1.82) is 0 Å². The van der Waals surface area contributed by atoms with Crippen LogP contribution in [0, 0.1) is 0 Å². The Morgan fingerprint density at radius 1 is 1.26 bits per heavy atom. The summed E-state index contributed by atoms with van der Waals surface area (Å²) in [5, 5.41) is 5.59. The van der Waals surface area contributed by atoms with Crippen LogP contribution in [0.1, 0.15) is 18.3 Å². The molecule has 0 saturated heterocycles. The van der Waals surface area contributed by atoms with E-state index in [0.717, 1.165) is 11.3 Å². The highest BCUT2D eigenvalue weighted by Crippen LogP contribution is 2.19. The number of aromatic nitrogens is 2. The highest BCUT2D eigenvalue weighted by molar-refractivity contribution is 7.91. The Balaban J connectivity index is 1.54. The lowest BCUT2D eigenvalue weighted by molar-refractivity contribution is 0.414. The number of thiophene rings is 1. The first-order valence-electron chi connectivity index (χ1n) is 8.21. The summed E-state index contributed by atoms with van der Waals surface area (Å²) in [7, 11) is -1.83. The lowest BCUT2D eigenvalue weighted by Gasteiger charge is -2.13. The molecule has 2 aromatic heterocycles. The molecule has 1 atom stereocenters. The van der Waals surface area contributed by atoms with Gasteiger partial charge in [0.05, 0.1) is 7.11 Å². The van der Waals surface area contributed by atoms with Gasteiger partial charge < -0.3 is 10.1 Å². The largest absolute Gasteiger partial charge is 0.497 e. The first kappa shape index (κ1) is 19.7. The van der Waals surface area contributed by atoms with Crippen LogP contribution in [0.25, 0.3) is 0 Å². The molecule has 0 fully saturated rings. The Hall–Kier alpha value is -2.01. The number of benzene rings is 1. The number of methoxy groups -OCH3 is 1. The van der Waals surface area contributed by atoms with E-state index in [2.05, 4.69) is 19.4 Å². The molecule has 0 aliphatic heterocycles. The van der Waals surface area contributed by atoms with Gasteiger partial charge in [0.2, 0.25) is 15.2 Å². The molecule has 27 heavy (non-hydrogen) atoms. The Labute approximate surface area is 166 Å². The van der Waals surface area contributed by atoms with Crippen LogP contribution in [-0.2, 0) is 16.4 Å². The fourth-order valence-electron chi connectivity index (χ4n) is 2.33. The van der Waals surface area contributed by atoms with E-state index < -0.39 is 10.0 Å². The zero-order chi connectivity index (χ0) is 19.3. The zero-order valence-electron chi connectivity index (χ0n) is 14.9. The van der Waals surface area contributed by atoms with E-state index >= 15 is 0 Å². The van der Waals surface area contributed by atoms with Gasteiger partial charge in [-0.1, -0.05) is 18.2 Å². The van der Waals surface area contributed by atoms with Crippen LogP contribution in [-0.4, -0.2) is 37.5 Å². The molecule has 0 aliphatic carbocycles. The second kappa shape index (κ2) is 8.79. The average Bonchev–Trinajstić information content (AvgIpc) is 3.33. The molecule has 0 spiro atoms. The topological polar surface area (TPSA) is 93.2 Å². The van der Waals surface area contributed by atoms with Gasteiger partial charge in [0, 0.05) is 30.5 Å². The van der Waals surface area contributed by atoms with Gasteiger partial charge in [-0.2, -0.15) is 4.37 Å². The van der Waals surface area contributed by atoms with Crippen molar-refractivity contribution in [3.63, 3.8) is 0 Å². The normalized spacial score (nSPS) is 12.7. The van der Waals surface area contributed by atoms with E-state index in [1.54, 1.807) is 24.6 Å². The lowest BCUT2D eigenvalue weighted by atomic mass is 10.1. The van der Waals surface area contributed by atoms with Crippen LogP contribution in [0.4, 0.5) is 5.13 Å². The quantitative estimate of drug-likeness (QED) is 0.549. The Bertz CT molecular complexity index is 971. The molecule has 10 heteroatoms. The number of nitrogens with one attached hydrogen (secondary N) is 2. The molecule has 0 radical (unpaired) electrons. The van der Waals surface area contributed by atoms with Gasteiger partial charge >= 0.3 is 0 Å². The number of hydrogen-bond donors (Lipinski definition) is 2. The molecule has 3 aromatic rings. The summed E-state index contributed by atoms with van der Waals surface area (Å²) in [4.78, 5) is 4.48. The van der Waals surface area contributed by atoms with Crippen LogP contribution in [0.3, 0.4) is 0 Å². The summed E-state index contributed by atoms with van der Waals surface area (Å²) in [6.07, 6.45) is 0.606. The molecule has 7 nitrogen and oxygen atoms in total. The molecule has 1 unspecified atom stereocenters. The maximum atomic E-state index is 12.1. The number of nitrogens with zero attached hydrogens (tertiary/aromatic N) is 2. The molecule has 2 N–H and O–H groups in total. The average molecular weight is 425 g/mol. The Morgan fingerprint density at radius 3 is 2.85 bits per heavy atom. The van der Waals surface area contributed by atoms with Gasteiger partial charge in [0.1, 0.15) is 15.8 Å². The highest BCUT2D eigenvalue weighted by Gasteiger charge is 2.16. The first-order chi connectivity index (χ1) is 13.0. The van der Waals surface area contributed by atoms with Gasteiger partial charge in [-0.15, -0.1) is 11.3 Å². The van der Waals surface area contributed by atoms with E-state index in [9.17, 15) is 8.42 Å². The molecule has 144 valence electrons. The minimum Gasteiger partial charge on any atom is -0.497 e. The second-order valence-electron chi connectivity index (χ2n) is 5.87. The van der Waals surface area contributed by atoms with E-state index in [1.807, 2.05) is 31.2 Å². The summed E-state index contributed by atoms with van der Waals surface area (Å²) in [5.41, 5.74) is 1.07. The van der Waals surface area contributed by atoms with Gasteiger partial charge in [-0.3, -0.25) is 0 Å². The van der Waals surface area contributed by atoms with Crippen molar-refractivity contribution < 1.29 is 13.2 Å². The third-order valence-corrected chi connectivity index (χ3v) is 7.18. The van der Waals surface area contributed by atoms with Crippen LogP contribution in [0.5, 0.6) is 5.75 Å². The number of sulfonamides is 1. The molecule has 0 amide bonds. The van der Waals surface area contributed by atoms with Crippen molar-refractivity contribution in [2.75, 3.05) is 19.0 Å². The summed E-state index contributed by atoms with van der Waals surface area (Å²) in [5.74, 6) is 1.51. The summed E-state index contributed by atoms with van der Waals surface area (Å²) in [6.45, 7) is 2.14. The van der Waals surface area contributed by atoms with E-state index in [0.29, 0.717) is 21.6 Å². The minimum atomic E-state index is -3.46. The van der Waals surface area contributed by atoms with Crippen molar-refractivity contribution in [3.8, 4) is 5.75 Å². The summed E-state index contributed by atoms with van der Waals surface area (Å²) < 4.78 is 36.8. The molecular formula is C17H20N4O3S3. The second-order valence-corrected chi connectivity index (χ2v) is 9.57. The third kappa shape index (κ3) is 5.48. The molecular weight excluding hydrogens is 404 g/mol. The number of anilines is 1. The SMILES string of the molecule is COc1cccc(Cc2nsc(NC(C)CNS(=O)(=O)c3cccs3)n2)c1. The van der Waals surface area contributed by atoms with E-state index in [4.69, 9.17) is 4.74 Å². The molecule has 3 rings (SSSR count). The summed E-state index contributed by atoms with van der Waals surface area (Å²) >= 11 is 2.45. The number of rotatable bonds is 9.